The third-order valence-corrected chi connectivity index (χ3v) is 5.66. The Morgan fingerprint density at radius 3 is 2.21 bits per heavy atom. The number of carbonyl (C=O) groups is 2. The number of amides is 2. The van der Waals surface area contributed by atoms with Crippen LogP contribution in [0.1, 0.15) is 36.1 Å². The van der Waals surface area contributed by atoms with E-state index in [0.29, 0.717) is 31.0 Å². The van der Waals surface area contributed by atoms with Gasteiger partial charge < -0.3 is 10.2 Å². The molecule has 2 amide bonds. The maximum absolute atomic E-state index is 13.6. The standard InChI is InChI=1S/C29H33FN2O2/c1-21(2)19-31-29(34)27(17-23-9-5-4-6-10-23)32(20-25-11-7-8-22(3)16-25)28(33)18-24-12-14-26(30)15-13-24/h4-16,21,27H,17-20H2,1-3H3,(H,31,34)/t27-/m1/s1. The molecule has 0 saturated heterocycles. The SMILES string of the molecule is Cc1cccc(CN(C(=O)Cc2ccc(F)cc2)[C@H](Cc2ccccc2)C(=O)NCC(C)C)c1. The second-order valence-corrected chi connectivity index (χ2v) is 9.16. The van der Waals surface area contributed by atoms with Gasteiger partial charge in [0.15, 0.2) is 0 Å². The van der Waals surface area contributed by atoms with Crippen LogP contribution < -0.4 is 5.32 Å². The minimum Gasteiger partial charge on any atom is -0.354 e. The molecule has 0 radical (unpaired) electrons. The van der Waals surface area contributed by atoms with Crippen LogP contribution in [0.2, 0.25) is 0 Å². The van der Waals surface area contributed by atoms with Crippen molar-refractivity contribution < 1.29 is 14.0 Å². The molecule has 178 valence electrons. The molecule has 3 aromatic carbocycles. The summed E-state index contributed by atoms with van der Waals surface area (Å²) in [6.45, 7) is 6.93. The third kappa shape index (κ3) is 7.55. The monoisotopic (exact) mass is 460 g/mol. The van der Waals surface area contributed by atoms with E-state index in [0.717, 1.165) is 16.7 Å². The van der Waals surface area contributed by atoms with Crippen LogP contribution in [-0.2, 0) is 29.0 Å². The smallest absolute Gasteiger partial charge is 0.243 e. The highest BCUT2D eigenvalue weighted by molar-refractivity contribution is 5.88. The summed E-state index contributed by atoms with van der Waals surface area (Å²) in [7, 11) is 0. The fourth-order valence-electron chi connectivity index (χ4n) is 3.86. The second-order valence-electron chi connectivity index (χ2n) is 9.16. The number of benzene rings is 3. The second kappa shape index (κ2) is 12.1. The molecule has 0 aliphatic rings. The molecule has 0 aliphatic heterocycles. The van der Waals surface area contributed by atoms with Gasteiger partial charge in [-0.15, -0.1) is 0 Å². The summed E-state index contributed by atoms with van der Waals surface area (Å²) in [5, 5.41) is 3.02. The first-order valence-electron chi connectivity index (χ1n) is 11.7. The van der Waals surface area contributed by atoms with Crippen molar-refractivity contribution in [3.05, 3.63) is 107 Å². The van der Waals surface area contributed by atoms with Gasteiger partial charge in [0.05, 0.1) is 6.42 Å². The molecule has 4 nitrogen and oxygen atoms in total. The van der Waals surface area contributed by atoms with Crippen molar-refractivity contribution in [3.63, 3.8) is 0 Å². The third-order valence-electron chi connectivity index (χ3n) is 5.66. The quantitative estimate of drug-likeness (QED) is 0.458. The molecule has 34 heavy (non-hydrogen) atoms. The van der Waals surface area contributed by atoms with Crippen molar-refractivity contribution in [3.8, 4) is 0 Å². The summed E-state index contributed by atoms with van der Waals surface area (Å²) in [5.74, 6) is -0.393. The number of carbonyl (C=O) groups excluding carboxylic acids is 2. The Labute approximate surface area is 201 Å². The van der Waals surface area contributed by atoms with Crippen LogP contribution >= 0.6 is 0 Å². The largest absolute Gasteiger partial charge is 0.354 e. The molecule has 0 saturated carbocycles. The van der Waals surface area contributed by atoms with Crippen LogP contribution in [0.4, 0.5) is 4.39 Å². The minimum absolute atomic E-state index is 0.0921. The summed E-state index contributed by atoms with van der Waals surface area (Å²) in [5.41, 5.74) is 3.74. The normalized spacial score (nSPS) is 11.8. The lowest BCUT2D eigenvalue weighted by Crippen LogP contribution is -2.51. The molecule has 0 unspecified atom stereocenters. The van der Waals surface area contributed by atoms with Crippen LogP contribution in [0.3, 0.4) is 0 Å². The van der Waals surface area contributed by atoms with Crippen LogP contribution in [0.15, 0.2) is 78.9 Å². The van der Waals surface area contributed by atoms with E-state index in [2.05, 4.69) is 5.32 Å². The zero-order valence-electron chi connectivity index (χ0n) is 20.1. The van der Waals surface area contributed by atoms with Crippen molar-refractivity contribution >= 4 is 11.8 Å². The van der Waals surface area contributed by atoms with Crippen molar-refractivity contribution in [2.75, 3.05) is 6.54 Å². The zero-order chi connectivity index (χ0) is 24.5. The molecule has 0 bridgehead atoms. The molecule has 3 aromatic rings. The topological polar surface area (TPSA) is 49.4 Å². The van der Waals surface area contributed by atoms with Gasteiger partial charge in [-0.2, -0.15) is 0 Å². The number of hydrogen-bond donors (Lipinski definition) is 1. The Balaban J connectivity index is 1.94. The van der Waals surface area contributed by atoms with Crippen molar-refractivity contribution in [2.24, 2.45) is 5.92 Å². The van der Waals surface area contributed by atoms with Gasteiger partial charge in [-0.25, -0.2) is 4.39 Å². The summed E-state index contributed by atoms with van der Waals surface area (Å²) in [6, 6.07) is 23.0. The van der Waals surface area contributed by atoms with Crippen LogP contribution in [-0.4, -0.2) is 29.3 Å². The first-order chi connectivity index (χ1) is 16.3. The van der Waals surface area contributed by atoms with Gasteiger partial charge in [-0.3, -0.25) is 9.59 Å². The maximum atomic E-state index is 13.6. The Morgan fingerprint density at radius 1 is 0.882 bits per heavy atom. The molecule has 0 spiro atoms. The molecule has 3 rings (SSSR count). The molecule has 1 N–H and O–H groups in total. The molecule has 0 heterocycles. The Kier molecular flexibility index (Phi) is 8.97. The van der Waals surface area contributed by atoms with Gasteiger partial charge in [0, 0.05) is 19.5 Å². The fourth-order valence-corrected chi connectivity index (χ4v) is 3.86. The molecule has 1 atom stereocenters. The number of hydrogen-bond acceptors (Lipinski definition) is 2. The van der Waals surface area contributed by atoms with E-state index < -0.39 is 6.04 Å². The van der Waals surface area contributed by atoms with Gasteiger partial charge in [0.1, 0.15) is 11.9 Å². The molecule has 0 aliphatic carbocycles. The maximum Gasteiger partial charge on any atom is 0.243 e. The molecular formula is C29H33FN2O2. The summed E-state index contributed by atoms with van der Waals surface area (Å²) in [6.07, 6.45) is 0.501. The molecule has 0 aromatic heterocycles. The minimum atomic E-state index is -0.672. The molecular weight excluding hydrogens is 427 g/mol. The molecule has 0 fully saturated rings. The summed E-state index contributed by atoms with van der Waals surface area (Å²) in [4.78, 5) is 28.7. The highest BCUT2D eigenvalue weighted by atomic mass is 19.1. The zero-order valence-corrected chi connectivity index (χ0v) is 20.1. The summed E-state index contributed by atoms with van der Waals surface area (Å²) >= 11 is 0. The van der Waals surface area contributed by atoms with Crippen molar-refractivity contribution in [1.82, 2.24) is 10.2 Å². The average Bonchev–Trinajstić information content (AvgIpc) is 2.82. The van der Waals surface area contributed by atoms with Crippen LogP contribution in [0.25, 0.3) is 0 Å². The summed E-state index contributed by atoms with van der Waals surface area (Å²) < 4.78 is 13.4. The number of nitrogens with one attached hydrogen (secondary N) is 1. The lowest BCUT2D eigenvalue weighted by Gasteiger charge is -2.32. The fraction of sp³-hybridized carbons (Fsp3) is 0.310. The Morgan fingerprint density at radius 2 is 1.56 bits per heavy atom. The number of rotatable bonds is 10. The van der Waals surface area contributed by atoms with Crippen molar-refractivity contribution in [2.45, 2.75) is 46.2 Å². The number of halogens is 1. The highest BCUT2D eigenvalue weighted by Gasteiger charge is 2.30. The lowest BCUT2D eigenvalue weighted by atomic mass is 10.0. The van der Waals surface area contributed by atoms with Gasteiger partial charge in [-0.1, -0.05) is 86.1 Å². The van der Waals surface area contributed by atoms with Gasteiger partial charge in [0.25, 0.3) is 0 Å². The molecule has 5 heteroatoms. The van der Waals surface area contributed by atoms with Crippen molar-refractivity contribution in [1.29, 1.82) is 0 Å². The number of nitrogens with zero attached hydrogens (tertiary/aromatic N) is 1. The van der Waals surface area contributed by atoms with E-state index in [-0.39, 0.29) is 24.1 Å². The first-order valence-corrected chi connectivity index (χ1v) is 11.7. The highest BCUT2D eigenvalue weighted by Crippen LogP contribution is 2.17. The van der Waals surface area contributed by atoms with E-state index >= 15 is 0 Å². The predicted molar refractivity (Wildman–Crippen MR) is 134 cm³/mol. The van der Waals surface area contributed by atoms with E-state index in [1.165, 1.54) is 12.1 Å². The Hall–Kier alpha value is -3.47. The number of aryl methyl sites for hydroxylation is 1. The first kappa shape index (κ1) is 25.2. The van der Waals surface area contributed by atoms with Gasteiger partial charge in [0.2, 0.25) is 11.8 Å². The van der Waals surface area contributed by atoms with E-state index in [9.17, 15) is 14.0 Å². The van der Waals surface area contributed by atoms with E-state index in [1.807, 2.05) is 75.4 Å². The van der Waals surface area contributed by atoms with Crippen LogP contribution in [0.5, 0.6) is 0 Å². The van der Waals surface area contributed by atoms with E-state index in [4.69, 9.17) is 0 Å². The lowest BCUT2D eigenvalue weighted by molar-refractivity contribution is -0.140. The Bertz CT molecular complexity index is 1080. The predicted octanol–water partition coefficient (Wildman–Crippen LogP) is 5.09. The van der Waals surface area contributed by atoms with Gasteiger partial charge >= 0.3 is 0 Å². The van der Waals surface area contributed by atoms with E-state index in [1.54, 1.807) is 17.0 Å². The van der Waals surface area contributed by atoms with Gasteiger partial charge in [-0.05, 0) is 41.7 Å². The van der Waals surface area contributed by atoms with Crippen LogP contribution in [0, 0.1) is 18.7 Å². The average molecular weight is 461 g/mol.